The molecule has 0 spiro atoms. The van der Waals surface area contributed by atoms with Crippen LogP contribution in [0.3, 0.4) is 0 Å². The molecule has 0 aliphatic heterocycles. The number of hydrogen-bond donors (Lipinski definition) is 3. The quantitative estimate of drug-likeness (QED) is 0.454. The number of nitrogens with one attached hydrogen (secondary N) is 2. The molecule has 3 rings (SSSR count). The highest BCUT2D eigenvalue weighted by Gasteiger charge is 2.12. The second kappa shape index (κ2) is 9.33. The molecule has 0 saturated carbocycles. The van der Waals surface area contributed by atoms with Gasteiger partial charge in [-0.2, -0.15) is 0 Å². The predicted molar refractivity (Wildman–Crippen MR) is 107 cm³/mol. The first-order valence-electron chi connectivity index (χ1n) is 8.79. The lowest BCUT2D eigenvalue weighted by molar-refractivity contribution is -0.896. The van der Waals surface area contributed by atoms with Crippen molar-refractivity contribution < 1.29 is 22.4 Å². The molecule has 0 aliphatic carbocycles. The molecule has 4 nitrogen and oxygen atoms in total. The number of rotatable bonds is 7. The lowest BCUT2D eigenvalue weighted by Crippen LogP contribution is -3.12. The van der Waals surface area contributed by atoms with Crippen LogP contribution < -0.4 is 28.1 Å². The summed E-state index contributed by atoms with van der Waals surface area (Å²) in [7, 11) is 0. The van der Waals surface area contributed by atoms with Crippen LogP contribution in [0.25, 0.3) is 20.2 Å². The van der Waals surface area contributed by atoms with E-state index in [4.69, 9.17) is 5.11 Å². The van der Waals surface area contributed by atoms with E-state index in [1.807, 2.05) is 30.3 Å². The minimum Gasteiger partial charge on any atom is -1.00 e. The molecule has 3 N–H and O–H groups in total. The topological polar surface area (TPSA) is 53.8 Å². The first-order valence-corrected chi connectivity index (χ1v) is 9.60. The van der Waals surface area contributed by atoms with Gasteiger partial charge in [-0.25, -0.2) is 0 Å². The average Bonchev–Trinajstić information content (AvgIpc) is 2.63. The molecule has 2 aromatic carbocycles. The number of hydrogen-bond acceptors (Lipinski definition) is 4. The largest absolute Gasteiger partial charge is 1.00 e. The zero-order chi connectivity index (χ0) is 17.8. The van der Waals surface area contributed by atoms with Crippen LogP contribution in [-0.2, 0) is 0 Å². The van der Waals surface area contributed by atoms with Gasteiger partial charge in [-0.3, -0.25) is 4.79 Å². The van der Waals surface area contributed by atoms with Gasteiger partial charge in [-0.1, -0.05) is 18.2 Å². The number of benzene rings is 2. The SMILES string of the molecule is CC[NH+](CCO)CCNc1ccc(C)c2sc3ccccc3c(=O)c12.[Cl-]. The summed E-state index contributed by atoms with van der Waals surface area (Å²) in [5, 5.41) is 14.1. The van der Waals surface area contributed by atoms with Crippen LogP contribution in [-0.4, -0.2) is 37.9 Å². The van der Waals surface area contributed by atoms with Gasteiger partial charge in [-0.05, 0) is 37.6 Å². The second-order valence-electron chi connectivity index (χ2n) is 6.32. The van der Waals surface area contributed by atoms with Gasteiger partial charge in [-0.15, -0.1) is 11.3 Å². The Labute approximate surface area is 163 Å². The lowest BCUT2D eigenvalue weighted by atomic mass is 10.1. The van der Waals surface area contributed by atoms with Crippen LogP contribution in [0.2, 0.25) is 0 Å². The lowest BCUT2D eigenvalue weighted by Gasteiger charge is -2.17. The molecule has 1 unspecified atom stereocenters. The summed E-state index contributed by atoms with van der Waals surface area (Å²) >= 11 is 1.68. The summed E-state index contributed by atoms with van der Waals surface area (Å²) in [5.74, 6) is 0. The molecule has 0 amide bonds. The monoisotopic (exact) mass is 392 g/mol. The van der Waals surface area contributed by atoms with Crippen molar-refractivity contribution in [3.8, 4) is 0 Å². The molecule has 0 aliphatic rings. The maximum absolute atomic E-state index is 13.0. The molecule has 0 bridgehead atoms. The van der Waals surface area contributed by atoms with E-state index in [0.29, 0.717) is 0 Å². The fourth-order valence-corrected chi connectivity index (χ4v) is 4.36. The molecule has 0 fully saturated rings. The Hall–Kier alpha value is -1.66. The van der Waals surface area contributed by atoms with Crippen molar-refractivity contribution in [2.75, 3.05) is 38.1 Å². The van der Waals surface area contributed by atoms with E-state index in [1.165, 1.54) is 4.90 Å². The van der Waals surface area contributed by atoms with Gasteiger partial charge >= 0.3 is 0 Å². The van der Waals surface area contributed by atoms with Crippen molar-refractivity contribution in [2.45, 2.75) is 13.8 Å². The van der Waals surface area contributed by atoms with Gasteiger partial charge in [0.05, 0.1) is 31.6 Å². The molecule has 26 heavy (non-hydrogen) atoms. The zero-order valence-corrected chi connectivity index (χ0v) is 16.7. The number of aliphatic hydroxyl groups excluding tert-OH is 1. The minimum atomic E-state index is 0. The third kappa shape index (κ3) is 4.18. The number of fused-ring (bicyclic) bond motifs is 2. The molecule has 0 saturated heterocycles. The van der Waals surface area contributed by atoms with Crippen molar-refractivity contribution >= 4 is 37.2 Å². The number of aryl methyl sites for hydroxylation is 1. The molecular weight excluding hydrogens is 368 g/mol. The molecular formula is C20H25ClN2O2S. The Morgan fingerprint density at radius 2 is 1.92 bits per heavy atom. The Morgan fingerprint density at radius 1 is 1.15 bits per heavy atom. The Bertz CT molecular complexity index is 942. The van der Waals surface area contributed by atoms with E-state index >= 15 is 0 Å². The van der Waals surface area contributed by atoms with Gasteiger partial charge in [0.15, 0.2) is 5.43 Å². The third-order valence-corrected chi connectivity index (χ3v) is 5.99. The first kappa shape index (κ1) is 20.6. The van der Waals surface area contributed by atoms with Crippen molar-refractivity contribution in [1.29, 1.82) is 0 Å². The summed E-state index contributed by atoms with van der Waals surface area (Å²) < 4.78 is 2.09. The highest BCUT2D eigenvalue weighted by Crippen LogP contribution is 2.31. The molecule has 3 aromatic rings. The predicted octanol–water partition coefficient (Wildman–Crippen LogP) is -0.964. The summed E-state index contributed by atoms with van der Waals surface area (Å²) in [6.07, 6.45) is 0. The number of anilines is 1. The summed E-state index contributed by atoms with van der Waals surface area (Å²) in [5.41, 5.74) is 2.15. The van der Waals surface area contributed by atoms with E-state index in [2.05, 4.69) is 25.2 Å². The fourth-order valence-electron chi connectivity index (χ4n) is 3.19. The first-order chi connectivity index (χ1) is 12.2. The van der Waals surface area contributed by atoms with E-state index in [9.17, 15) is 4.79 Å². The maximum atomic E-state index is 13.0. The zero-order valence-electron chi connectivity index (χ0n) is 15.1. The Balaban J connectivity index is 0.00000243. The molecule has 140 valence electrons. The standard InChI is InChI=1S/C20H24N2O2S.ClH/c1-3-22(12-13-23)11-10-21-16-9-8-14(2)20-18(16)19(24)15-6-4-5-7-17(15)25-20;/h4-9,21,23H,3,10-13H2,1-2H3;1H. The Kier molecular flexibility index (Phi) is 7.41. The van der Waals surface area contributed by atoms with Gasteiger partial charge in [0, 0.05) is 20.5 Å². The van der Waals surface area contributed by atoms with Crippen LogP contribution in [0.1, 0.15) is 12.5 Å². The van der Waals surface area contributed by atoms with Gasteiger partial charge < -0.3 is 27.7 Å². The van der Waals surface area contributed by atoms with Gasteiger partial charge in [0.1, 0.15) is 6.54 Å². The number of likely N-dealkylation sites (N-methyl/N-ethyl adjacent to an activating group) is 1. The smallest absolute Gasteiger partial charge is 0.197 e. The minimum absolute atomic E-state index is 0. The van der Waals surface area contributed by atoms with Gasteiger partial charge in [0.25, 0.3) is 0 Å². The fraction of sp³-hybridized carbons (Fsp3) is 0.350. The van der Waals surface area contributed by atoms with Crippen LogP contribution in [0.15, 0.2) is 41.2 Å². The molecule has 0 radical (unpaired) electrons. The van der Waals surface area contributed by atoms with E-state index in [0.717, 1.165) is 57.6 Å². The van der Waals surface area contributed by atoms with Crippen LogP contribution in [0, 0.1) is 6.92 Å². The highest BCUT2D eigenvalue weighted by atomic mass is 35.5. The number of halogens is 1. The normalized spacial score (nSPS) is 12.1. The van der Waals surface area contributed by atoms with E-state index in [1.54, 1.807) is 11.3 Å². The Morgan fingerprint density at radius 3 is 2.65 bits per heavy atom. The van der Waals surface area contributed by atoms with Crippen molar-refractivity contribution in [3.05, 3.63) is 52.2 Å². The second-order valence-corrected chi connectivity index (χ2v) is 7.37. The number of aliphatic hydroxyl groups is 1. The van der Waals surface area contributed by atoms with Crippen molar-refractivity contribution in [2.24, 2.45) is 0 Å². The van der Waals surface area contributed by atoms with Crippen molar-refractivity contribution in [3.63, 3.8) is 0 Å². The summed E-state index contributed by atoms with van der Waals surface area (Å²) in [6.45, 7) is 7.81. The van der Waals surface area contributed by atoms with E-state index in [-0.39, 0.29) is 24.4 Å². The molecule has 6 heteroatoms. The van der Waals surface area contributed by atoms with Gasteiger partial charge in [0.2, 0.25) is 0 Å². The van der Waals surface area contributed by atoms with Crippen LogP contribution >= 0.6 is 11.3 Å². The highest BCUT2D eigenvalue weighted by molar-refractivity contribution is 7.24. The third-order valence-electron chi connectivity index (χ3n) is 4.68. The van der Waals surface area contributed by atoms with Crippen LogP contribution in [0.5, 0.6) is 0 Å². The maximum Gasteiger partial charge on any atom is 0.197 e. The van der Waals surface area contributed by atoms with Crippen LogP contribution in [0.4, 0.5) is 5.69 Å². The number of quaternary nitrogens is 1. The molecule has 1 heterocycles. The van der Waals surface area contributed by atoms with Crippen molar-refractivity contribution in [1.82, 2.24) is 0 Å². The van der Waals surface area contributed by atoms with E-state index < -0.39 is 0 Å². The molecule has 1 atom stereocenters. The molecule has 1 aromatic heterocycles. The summed E-state index contributed by atoms with van der Waals surface area (Å²) in [6, 6.07) is 11.9. The average molecular weight is 393 g/mol. The summed E-state index contributed by atoms with van der Waals surface area (Å²) in [4.78, 5) is 14.4.